The first kappa shape index (κ1) is 15.1. The maximum atomic E-state index is 12.5. The van der Waals surface area contributed by atoms with Gasteiger partial charge in [-0.1, -0.05) is 0 Å². The molecule has 1 fully saturated rings. The van der Waals surface area contributed by atoms with Gasteiger partial charge in [0.15, 0.2) is 0 Å². The van der Waals surface area contributed by atoms with Crippen molar-refractivity contribution in [1.82, 2.24) is 4.98 Å². The number of pyridine rings is 1. The molecule has 2 N–H and O–H groups in total. The number of primary sulfonamides is 1. The summed E-state index contributed by atoms with van der Waals surface area (Å²) in [6.45, 7) is 0.181. The number of carbonyl (C=O) groups is 1. The minimum absolute atomic E-state index is 0.00922. The number of nitrogens with two attached hydrogens (primary N) is 1. The van der Waals surface area contributed by atoms with E-state index in [9.17, 15) is 13.2 Å². The number of aryl methyl sites for hydroxylation is 2. The lowest BCUT2D eigenvalue weighted by atomic mass is 9.91. The number of anilines is 1. The molecule has 1 amide bonds. The first-order valence-corrected chi connectivity index (χ1v) is 9.91. The van der Waals surface area contributed by atoms with Crippen molar-refractivity contribution in [3.63, 3.8) is 0 Å². The van der Waals surface area contributed by atoms with Crippen LogP contribution in [0.5, 0.6) is 0 Å². The highest BCUT2D eigenvalue weighted by molar-refractivity contribution is 7.89. The predicted molar refractivity (Wildman–Crippen MR) is 86.8 cm³/mol. The summed E-state index contributed by atoms with van der Waals surface area (Å²) < 4.78 is 23.3. The molecule has 124 valence electrons. The Labute approximate surface area is 136 Å². The number of sulfonamides is 1. The van der Waals surface area contributed by atoms with Gasteiger partial charge in [-0.2, -0.15) is 0 Å². The van der Waals surface area contributed by atoms with Crippen molar-refractivity contribution >= 4 is 21.6 Å². The maximum absolute atomic E-state index is 12.5. The summed E-state index contributed by atoms with van der Waals surface area (Å²) in [6, 6.07) is 0. The lowest BCUT2D eigenvalue weighted by molar-refractivity contribution is -0.117. The second-order valence-electron chi connectivity index (χ2n) is 6.79. The number of aromatic nitrogens is 1. The molecule has 0 bridgehead atoms. The van der Waals surface area contributed by atoms with E-state index in [-0.39, 0.29) is 18.9 Å². The third-order valence-electron chi connectivity index (χ3n) is 5.29. The molecule has 2 heterocycles. The number of hydrogen-bond donors (Lipinski definition) is 1. The molecule has 1 aliphatic heterocycles. The number of rotatable bonds is 2. The van der Waals surface area contributed by atoms with Gasteiger partial charge in [-0.25, -0.2) is 13.6 Å². The van der Waals surface area contributed by atoms with E-state index < -0.39 is 15.3 Å². The molecular formula is C16H21N3O3S. The monoisotopic (exact) mass is 335 g/mol. The van der Waals surface area contributed by atoms with Gasteiger partial charge in [0.05, 0.1) is 5.69 Å². The number of carbonyl (C=O) groups excluding carboxylic acids is 1. The second kappa shape index (κ2) is 5.27. The first-order chi connectivity index (χ1) is 10.9. The third-order valence-corrected chi connectivity index (χ3v) is 6.54. The smallest absolute Gasteiger partial charge is 0.228 e. The molecule has 4 rings (SSSR count). The van der Waals surface area contributed by atoms with Gasteiger partial charge in [0.25, 0.3) is 0 Å². The average Bonchev–Trinajstić information content (AvgIpc) is 3.10. The summed E-state index contributed by atoms with van der Waals surface area (Å²) in [5, 5.41) is 4.48. The standard InChI is InChI=1S/C16H21N3O3S/c17-23(21,22)10-8-15(20)19(9-10)16-11-4-1-2-6-13(11)18-14-7-3-5-12(14)16/h10H,1-9H2,(H2,17,21,22). The van der Waals surface area contributed by atoms with E-state index in [0.29, 0.717) is 0 Å². The zero-order valence-corrected chi connectivity index (χ0v) is 13.9. The summed E-state index contributed by atoms with van der Waals surface area (Å²) in [4.78, 5) is 19.0. The van der Waals surface area contributed by atoms with Crippen LogP contribution in [-0.2, 0) is 40.5 Å². The summed E-state index contributed by atoms with van der Waals surface area (Å²) in [6.07, 6.45) is 7.03. The molecule has 1 unspecified atom stereocenters. The second-order valence-corrected chi connectivity index (χ2v) is 8.64. The van der Waals surface area contributed by atoms with Crippen LogP contribution in [-0.4, -0.2) is 31.1 Å². The first-order valence-electron chi connectivity index (χ1n) is 8.30. The Morgan fingerprint density at radius 2 is 1.61 bits per heavy atom. The molecule has 1 atom stereocenters. The SMILES string of the molecule is NS(=O)(=O)C1CC(=O)N(c2c3c(nc4c2CCC4)CCCC3)C1. The fourth-order valence-electron chi connectivity index (χ4n) is 4.16. The minimum atomic E-state index is -3.69. The fourth-order valence-corrected chi connectivity index (χ4v) is 4.89. The molecule has 1 saturated heterocycles. The molecule has 23 heavy (non-hydrogen) atoms. The van der Waals surface area contributed by atoms with Gasteiger partial charge in [-0.3, -0.25) is 9.78 Å². The summed E-state index contributed by atoms with van der Waals surface area (Å²) in [5.74, 6) is -0.128. The fraction of sp³-hybridized carbons (Fsp3) is 0.625. The Morgan fingerprint density at radius 1 is 1.00 bits per heavy atom. The van der Waals surface area contributed by atoms with Crippen LogP contribution >= 0.6 is 0 Å². The number of nitrogens with zero attached hydrogens (tertiary/aromatic N) is 2. The molecule has 1 aromatic heterocycles. The maximum Gasteiger partial charge on any atom is 0.228 e. The lowest BCUT2D eigenvalue weighted by Gasteiger charge is -2.27. The zero-order valence-electron chi connectivity index (χ0n) is 13.0. The van der Waals surface area contributed by atoms with Crippen LogP contribution in [0.3, 0.4) is 0 Å². The zero-order chi connectivity index (χ0) is 16.2. The topological polar surface area (TPSA) is 93.4 Å². The highest BCUT2D eigenvalue weighted by Crippen LogP contribution is 2.40. The molecular weight excluding hydrogens is 314 g/mol. The highest BCUT2D eigenvalue weighted by atomic mass is 32.2. The summed E-state index contributed by atoms with van der Waals surface area (Å²) >= 11 is 0. The molecule has 0 radical (unpaired) electrons. The highest BCUT2D eigenvalue weighted by Gasteiger charge is 2.40. The largest absolute Gasteiger partial charge is 0.310 e. The van der Waals surface area contributed by atoms with Crippen molar-refractivity contribution in [1.29, 1.82) is 0 Å². The Hall–Kier alpha value is -1.47. The van der Waals surface area contributed by atoms with Crippen LogP contribution < -0.4 is 10.0 Å². The normalized spacial score (nSPS) is 24.0. The van der Waals surface area contributed by atoms with Gasteiger partial charge >= 0.3 is 0 Å². The number of amides is 1. The van der Waals surface area contributed by atoms with Crippen molar-refractivity contribution in [3.05, 3.63) is 22.5 Å². The van der Waals surface area contributed by atoms with E-state index in [1.54, 1.807) is 4.90 Å². The van der Waals surface area contributed by atoms with Gasteiger partial charge in [-0.05, 0) is 56.1 Å². The summed E-state index contributed by atoms with van der Waals surface area (Å²) in [5.41, 5.74) is 5.51. The minimum Gasteiger partial charge on any atom is -0.310 e. The van der Waals surface area contributed by atoms with Crippen molar-refractivity contribution in [2.75, 3.05) is 11.4 Å². The average molecular weight is 335 g/mol. The van der Waals surface area contributed by atoms with Crippen LogP contribution in [0.1, 0.15) is 48.2 Å². The molecule has 2 aliphatic carbocycles. The van der Waals surface area contributed by atoms with Crippen molar-refractivity contribution in [2.45, 2.75) is 56.6 Å². The van der Waals surface area contributed by atoms with Gasteiger partial charge < -0.3 is 4.90 Å². The number of fused-ring (bicyclic) bond motifs is 2. The van der Waals surface area contributed by atoms with E-state index in [0.717, 1.165) is 67.6 Å². The molecule has 7 heteroatoms. The Bertz CT molecular complexity index is 788. The van der Waals surface area contributed by atoms with Gasteiger partial charge in [0.1, 0.15) is 5.25 Å². The quantitative estimate of drug-likeness (QED) is 0.867. The van der Waals surface area contributed by atoms with E-state index in [2.05, 4.69) is 0 Å². The molecule has 6 nitrogen and oxygen atoms in total. The van der Waals surface area contributed by atoms with Gasteiger partial charge in [0, 0.05) is 24.4 Å². The Balaban J connectivity index is 1.83. The number of hydrogen-bond acceptors (Lipinski definition) is 4. The lowest BCUT2D eigenvalue weighted by Crippen LogP contribution is -2.33. The van der Waals surface area contributed by atoms with Crippen LogP contribution in [0.25, 0.3) is 0 Å². The predicted octanol–water partition coefficient (Wildman–Crippen LogP) is 0.843. The van der Waals surface area contributed by atoms with E-state index in [1.807, 2.05) is 0 Å². The van der Waals surface area contributed by atoms with Crippen LogP contribution in [0.15, 0.2) is 0 Å². The van der Waals surface area contributed by atoms with E-state index in [4.69, 9.17) is 10.1 Å². The molecule has 3 aliphatic rings. The summed E-state index contributed by atoms with van der Waals surface area (Å²) in [7, 11) is -3.69. The molecule has 1 aromatic rings. The Kier molecular flexibility index (Phi) is 3.46. The van der Waals surface area contributed by atoms with E-state index >= 15 is 0 Å². The van der Waals surface area contributed by atoms with Gasteiger partial charge in [0.2, 0.25) is 15.9 Å². The molecule has 0 aromatic carbocycles. The molecule has 0 spiro atoms. The van der Waals surface area contributed by atoms with Crippen molar-refractivity contribution < 1.29 is 13.2 Å². The van der Waals surface area contributed by atoms with Crippen LogP contribution in [0.2, 0.25) is 0 Å². The van der Waals surface area contributed by atoms with Gasteiger partial charge in [-0.15, -0.1) is 0 Å². The van der Waals surface area contributed by atoms with Crippen molar-refractivity contribution in [3.8, 4) is 0 Å². The third kappa shape index (κ3) is 2.46. The van der Waals surface area contributed by atoms with Crippen LogP contribution in [0.4, 0.5) is 5.69 Å². The Morgan fingerprint density at radius 3 is 2.26 bits per heavy atom. The van der Waals surface area contributed by atoms with Crippen LogP contribution in [0, 0.1) is 0 Å². The molecule has 0 saturated carbocycles. The van der Waals surface area contributed by atoms with E-state index in [1.165, 1.54) is 5.56 Å². The van der Waals surface area contributed by atoms with Crippen molar-refractivity contribution in [2.24, 2.45) is 5.14 Å².